The molecule has 0 fully saturated rings. The van der Waals surface area contributed by atoms with Crippen LogP contribution in [0.4, 0.5) is 13.2 Å². The third kappa shape index (κ3) is 3.65. The van der Waals surface area contributed by atoms with Gasteiger partial charge in [0.1, 0.15) is 17.4 Å². The molecule has 8 heteroatoms. The number of aryl methyl sites for hydroxylation is 1. The van der Waals surface area contributed by atoms with Crippen LogP contribution in [0.25, 0.3) is 0 Å². The Morgan fingerprint density at radius 1 is 1.38 bits per heavy atom. The van der Waals surface area contributed by atoms with Crippen LogP contribution in [0.2, 0.25) is 0 Å². The number of hydrogen-bond donors (Lipinski definition) is 1. The maximum atomic E-state index is 12.2. The number of ether oxygens (including phenoxy) is 1. The number of benzene rings is 1. The SMILES string of the molecule is N#CC1=C(Cl)CC2(CCc3cc(OCCCC(F)(F)F)ccc32)NC1=O. The van der Waals surface area contributed by atoms with Crippen LogP contribution < -0.4 is 10.1 Å². The number of alkyl halides is 3. The summed E-state index contributed by atoms with van der Waals surface area (Å²) < 4.78 is 41.9. The van der Waals surface area contributed by atoms with E-state index in [9.17, 15) is 18.0 Å². The van der Waals surface area contributed by atoms with Gasteiger partial charge in [-0.15, -0.1) is 0 Å². The highest BCUT2D eigenvalue weighted by Gasteiger charge is 2.44. The second kappa shape index (κ2) is 6.84. The molecule has 0 saturated heterocycles. The average molecular weight is 385 g/mol. The lowest BCUT2D eigenvalue weighted by molar-refractivity contribution is -0.136. The maximum absolute atomic E-state index is 12.2. The molecule has 0 saturated carbocycles. The largest absolute Gasteiger partial charge is 0.494 e. The number of hydrogen-bond acceptors (Lipinski definition) is 3. The zero-order valence-corrected chi connectivity index (χ0v) is 14.5. The minimum absolute atomic E-state index is 0.0136. The molecule has 138 valence electrons. The molecule has 3 rings (SSSR count). The van der Waals surface area contributed by atoms with E-state index in [0.717, 1.165) is 11.1 Å². The van der Waals surface area contributed by atoms with Gasteiger partial charge in [0.2, 0.25) is 0 Å². The van der Waals surface area contributed by atoms with Gasteiger partial charge in [-0.2, -0.15) is 18.4 Å². The van der Waals surface area contributed by atoms with E-state index in [1.165, 1.54) is 0 Å². The fraction of sp³-hybridized carbons (Fsp3) is 0.444. The number of rotatable bonds is 4. The summed E-state index contributed by atoms with van der Waals surface area (Å²) in [5, 5.41) is 12.2. The Kier molecular flexibility index (Phi) is 4.89. The summed E-state index contributed by atoms with van der Waals surface area (Å²) in [5.41, 5.74) is 1.17. The Labute approximate surface area is 153 Å². The van der Waals surface area contributed by atoms with Gasteiger partial charge in [0, 0.05) is 17.9 Å². The number of carbonyl (C=O) groups excluding carboxylic acids is 1. The minimum atomic E-state index is -4.18. The third-order valence-corrected chi connectivity index (χ3v) is 5.03. The zero-order valence-electron chi connectivity index (χ0n) is 13.8. The summed E-state index contributed by atoms with van der Waals surface area (Å²) in [6.45, 7) is -0.0136. The smallest absolute Gasteiger partial charge is 0.389 e. The van der Waals surface area contributed by atoms with Crippen molar-refractivity contribution in [2.75, 3.05) is 6.61 Å². The van der Waals surface area contributed by atoms with Gasteiger partial charge in [-0.25, -0.2) is 0 Å². The number of halogens is 4. The molecular formula is C18H16ClF3N2O2. The van der Waals surface area contributed by atoms with Crippen molar-refractivity contribution >= 4 is 17.5 Å². The summed E-state index contributed by atoms with van der Waals surface area (Å²) in [4.78, 5) is 12.1. The molecule has 1 heterocycles. The number of fused-ring (bicyclic) bond motifs is 2. The van der Waals surface area contributed by atoms with Gasteiger partial charge in [-0.05, 0) is 42.5 Å². The van der Waals surface area contributed by atoms with E-state index in [2.05, 4.69) is 5.32 Å². The second-order valence-corrected chi connectivity index (χ2v) is 6.95. The molecule has 1 aromatic carbocycles. The first-order chi connectivity index (χ1) is 12.2. The molecule has 1 atom stereocenters. The summed E-state index contributed by atoms with van der Waals surface area (Å²) in [6.07, 6.45) is -3.48. The lowest BCUT2D eigenvalue weighted by Gasteiger charge is -2.35. The number of nitriles is 1. The minimum Gasteiger partial charge on any atom is -0.494 e. The van der Waals surface area contributed by atoms with Crippen LogP contribution in [0.3, 0.4) is 0 Å². The van der Waals surface area contributed by atoms with Crippen molar-refractivity contribution in [3.05, 3.63) is 39.9 Å². The Morgan fingerprint density at radius 3 is 2.81 bits per heavy atom. The average Bonchev–Trinajstić information content (AvgIpc) is 2.88. The van der Waals surface area contributed by atoms with Crippen molar-refractivity contribution in [3.8, 4) is 11.8 Å². The highest BCUT2D eigenvalue weighted by Crippen LogP contribution is 2.45. The van der Waals surface area contributed by atoms with E-state index >= 15 is 0 Å². The third-order valence-electron chi connectivity index (χ3n) is 4.71. The normalized spacial score (nSPS) is 22.2. The van der Waals surface area contributed by atoms with Crippen LogP contribution in [-0.4, -0.2) is 18.7 Å². The molecule has 0 radical (unpaired) electrons. The maximum Gasteiger partial charge on any atom is 0.389 e. The molecule has 0 bridgehead atoms. The number of carbonyl (C=O) groups is 1. The van der Waals surface area contributed by atoms with Gasteiger partial charge < -0.3 is 10.1 Å². The molecule has 1 unspecified atom stereocenters. The summed E-state index contributed by atoms with van der Waals surface area (Å²) in [6, 6.07) is 7.10. The Hall–Kier alpha value is -2.20. The molecule has 1 spiro atoms. The fourth-order valence-corrected chi connectivity index (χ4v) is 3.86. The topological polar surface area (TPSA) is 62.1 Å². The van der Waals surface area contributed by atoms with Crippen molar-refractivity contribution < 1.29 is 22.7 Å². The van der Waals surface area contributed by atoms with E-state index in [-0.39, 0.29) is 23.6 Å². The summed E-state index contributed by atoms with van der Waals surface area (Å²) >= 11 is 6.15. The van der Waals surface area contributed by atoms with E-state index in [0.29, 0.717) is 25.0 Å². The van der Waals surface area contributed by atoms with Gasteiger partial charge in [0.25, 0.3) is 5.91 Å². The lowest BCUT2D eigenvalue weighted by Crippen LogP contribution is -2.48. The Bertz CT molecular complexity index is 814. The lowest BCUT2D eigenvalue weighted by atomic mass is 9.84. The molecule has 2 aliphatic rings. The molecule has 1 N–H and O–H groups in total. The molecule has 26 heavy (non-hydrogen) atoms. The van der Waals surface area contributed by atoms with Crippen molar-refractivity contribution in [2.45, 2.75) is 43.8 Å². The van der Waals surface area contributed by atoms with Gasteiger partial charge in [0.05, 0.1) is 12.1 Å². The molecule has 4 nitrogen and oxygen atoms in total. The predicted molar refractivity (Wildman–Crippen MR) is 88.5 cm³/mol. The summed E-state index contributed by atoms with van der Waals surface area (Å²) in [5.74, 6) is 0.0218. The fourth-order valence-electron chi connectivity index (χ4n) is 3.50. The number of nitrogens with zero attached hydrogens (tertiary/aromatic N) is 1. The highest BCUT2D eigenvalue weighted by atomic mass is 35.5. The zero-order chi connectivity index (χ0) is 18.9. The van der Waals surface area contributed by atoms with E-state index in [4.69, 9.17) is 21.6 Å². The first-order valence-electron chi connectivity index (χ1n) is 8.18. The van der Waals surface area contributed by atoms with Crippen LogP contribution in [0, 0.1) is 11.3 Å². The Balaban J connectivity index is 1.72. The molecule has 1 aromatic rings. The van der Waals surface area contributed by atoms with Crippen molar-refractivity contribution in [3.63, 3.8) is 0 Å². The van der Waals surface area contributed by atoms with E-state index in [1.807, 2.05) is 12.1 Å². The molecule has 1 aliphatic heterocycles. The van der Waals surface area contributed by atoms with E-state index < -0.39 is 24.0 Å². The van der Waals surface area contributed by atoms with Crippen LogP contribution in [0.1, 0.15) is 36.8 Å². The van der Waals surface area contributed by atoms with Crippen molar-refractivity contribution in [2.24, 2.45) is 0 Å². The van der Waals surface area contributed by atoms with Gasteiger partial charge in [-0.1, -0.05) is 17.7 Å². The quantitative estimate of drug-likeness (QED) is 0.795. The van der Waals surface area contributed by atoms with Crippen molar-refractivity contribution in [1.82, 2.24) is 5.32 Å². The predicted octanol–water partition coefficient (Wildman–Crippen LogP) is 4.09. The van der Waals surface area contributed by atoms with Crippen LogP contribution in [-0.2, 0) is 16.8 Å². The van der Waals surface area contributed by atoms with Crippen LogP contribution in [0.5, 0.6) is 5.75 Å². The molecule has 1 amide bonds. The highest BCUT2D eigenvalue weighted by molar-refractivity contribution is 6.33. The molecule has 1 aliphatic carbocycles. The number of amides is 1. The van der Waals surface area contributed by atoms with Gasteiger partial charge in [0.15, 0.2) is 0 Å². The van der Waals surface area contributed by atoms with Gasteiger partial charge >= 0.3 is 6.18 Å². The van der Waals surface area contributed by atoms with E-state index in [1.54, 1.807) is 12.1 Å². The summed E-state index contributed by atoms with van der Waals surface area (Å²) in [7, 11) is 0. The second-order valence-electron chi connectivity index (χ2n) is 6.49. The van der Waals surface area contributed by atoms with Crippen LogP contribution in [0.15, 0.2) is 28.8 Å². The molecule has 0 aromatic heterocycles. The Morgan fingerprint density at radius 2 is 2.15 bits per heavy atom. The van der Waals surface area contributed by atoms with Crippen molar-refractivity contribution in [1.29, 1.82) is 5.26 Å². The molecular weight excluding hydrogens is 369 g/mol. The monoisotopic (exact) mass is 384 g/mol. The number of nitrogens with one attached hydrogen (secondary N) is 1. The van der Waals surface area contributed by atoms with Crippen LogP contribution >= 0.6 is 11.6 Å². The standard InChI is InChI=1S/C18H16ClF3N2O2/c19-15-9-17(24-16(25)13(15)10-23)6-4-11-8-12(2-3-14(11)17)26-7-1-5-18(20,21)22/h2-3,8H,1,4-7,9H2,(H,24,25). The van der Waals surface area contributed by atoms with Gasteiger partial charge in [-0.3, -0.25) is 4.79 Å². The first kappa shape index (κ1) is 18.6. The first-order valence-corrected chi connectivity index (χ1v) is 8.56.